The lowest BCUT2D eigenvalue weighted by molar-refractivity contribution is -0.148. The number of carbonyl (C=O) groups excluding carboxylic acids is 3. The summed E-state index contributed by atoms with van der Waals surface area (Å²) >= 11 is 0. The maximum Gasteiger partial charge on any atom is 0.451 e. The molecule has 0 saturated carbocycles. The van der Waals surface area contributed by atoms with Crippen molar-refractivity contribution in [1.29, 1.82) is 5.26 Å². The van der Waals surface area contributed by atoms with Gasteiger partial charge in [-0.15, -0.1) is 10.2 Å². The molecule has 0 bridgehead atoms. The second kappa shape index (κ2) is 7.92. The van der Waals surface area contributed by atoms with Gasteiger partial charge in [0.05, 0.1) is 18.8 Å². The van der Waals surface area contributed by atoms with Crippen molar-refractivity contribution in [3.63, 3.8) is 0 Å². The molecule has 166 valence electrons. The van der Waals surface area contributed by atoms with Crippen molar-refractivity contribution in [3.05, 3.63) is 11.6 Å². The Labute approximate surface area is 174 Å². The summed E-state index contributed by atoms with van der Waals surface area (Å²) in [6.45, 7) is 0.190. The van der Waals surface area contributed by atoms with Crippen LogP contribution in [0.4, 0.5) is 13.2 Å². The zero-order valence-corrected chi connectivity index (χ0v) is 16.4. The number of Topliss-reactive ketones (excluding diaryl/α,β-unsaturated/α-hetero) is 1. The summed E-state index contributed by atoms with van der Waals surface area (Å²) < 4.78 is 39.7. The first-order valence-electron chi connectivity index (χ1n) is 9.95. The van der Waals surface area contributed by atoms with Gasteiger partial charge in [-0.2, -0.15) is 18.4 Å². The standard InChI is InChI=1S/C18H20F3N7O3/c19-18(20,21)17-26-25-14-6-11(23-8-28(14)17)13(29)5-9-4-12(24-15(9)30)16(31)27-3-1-2-10(27)7-22/h9-12,23H,1-6,8H2,(H,24,30)/t9-,10-,11?,12-/m0/s1. The van der Waals surface area contributed by atoms with Gasteiger partial charge < -0.3 is 10.2 Å². The molecule has 1 unspecified atom stereocenters. The number of nitrogens with zero attached hydrogens (tertiary/aromatic N) is 5. The molecule has 1 aromatic rings. The predicted octanol–water partition coefficient (Wildman–Crippen LogP) is -0.253. The first-order chi connectivity index (χ1) is 14.7. The van der Waals surface area contributed by atoms with Crippen molar-refractivity contribution >= 4 is 17.6 Å². The van der Waals surface area contributed by atoms with Gasteiger partial charge >= 0.3 is 6.18 Å². The van der Waals surface area contributed by atoms with Crippen LogP contribution in [0.15, 0.2) is 0 Å². The number of likely N-dealkylation sites (tertiary alicyclic amines) is 1. The number of hydrogen-bond acceptors (Lipinski definition) is 7. The Morgan fingerprint density at radius 1 is 1.26 bits per heavy atom. The number of nitrogens with one attached hydrogen (secondary N) is 2. The lowest BCUT2D eigenvalue weighted by atomic mass is 9.93. The molecule has 2 N–H and O–H groups in total. The quantitative estimate of drug-likeness (QED) is 0.661. The van der Waals surface area contributed by atoms with E-state index in [9.17, 15) is 27.6 Å². The minimum atomic E-state index is -4.65. The number of amides is 2. The van der Waals surface area contributed by atoms with Crippen molar-refractivity contribution in [1.82, 2.24) is 30.3 Å². The van der Waals surface area contributed by atoms with Crippen LogP contribution in [0.2, 0.25) is 0 Å². The summed E-state index contributed by atoms with van der Waals surface area (Å²) in [6, 6.07) is 0.00615. The molecule has 3 aliphatic heterocycles. The molecular formula is C18H20F3N7O3. The van der Waals surface area contributed by atoms with Crippen LogP contribution in [-0.2, 0) is 33.6 Å². The number of aromatic nitrogens is 3. The Hall–Kier alpha value is -3.01. The predicted molar refractivity (Wildman–Crippen MR) is 95.7 cm³/mol. The van der Waals surface area contributed by atoms with Gasteiger partial charge in [0, 0.05) is 25.3 Å². The second-order valence-corrected chi connectivity index (χ2v) is 7.97. The molecule has 31 heavy (non-hydrogen) atoms. The highest BCUT2D eigenvalue weighted by Gasteiger charge is 2.43. The van der Waals surface area contributed by atoms with Crippen molar-refractivity contribution in [2.75, 3.05) is 6.54 Å². The zero-order valence-electron chi connectivity index (χ0n) is 16.4. The van der Waals surface area contributed by atoms with E-state index in [0.29, 0.717) is 13.0 Å². The number of rotatable bonds is 4. The molecule has 0 spiro atoms. The van der Waals surface area contributed by atoms with E-state index in [0.717, 1.165) is 11.0 Å². The van der Waals surface area contributed by atoms with Crippen molar-refractivity contribution in [3.8, 4) is 6.07 Å². The van der Waals surface area contributed by atoms with Gasteiger partial charge in [-0.3, -0.25) is 24.3 Å². The van der Waals surface area contributed by atoms with E-state index in [1.807, 2.05) is 0 Å². The molecule has 4 rings (SSSR count). The highest BCUT2D eigenvalue weighted by molar-refractivity contribution is 5.95. The van der Waals surface area contributed by atoms with E-state index in [1.54, 1.807) is 0 Å². The van der Waals surface area contributed by atoms with Gasteiger partial charge in [0.15, 0.2) is 5.78 Å². The SMILES string of the molecule is N#C[C@@H]1CCCN1C(=O)[C@@H]1C[C@@H](CC(=O)C2Cc3nnc(C(F)(F)F)n3CN2)C(=O)N1. The minimum absolute atomic E-state index is 0.0462. The summed E-state index contributed by atoms with van der Waals surface area (Å²) in [5.41, 5.74) is 0. The van der Waals surface area contributed by atoms with Gasteiger partial charge in [0.25, 0.3) is 0 Å². The van der Waals surface area contributed by atoms with Crippen molar-refractivity contribution < 1.29 is 27.6 Å². The van der Waals surface area contributed by atoms with Crippen LogP contribution >= 0.6 is 0 Å². The Balaban J connectivity index is 1.36. The molecule has 3 aliphatic rings. The van der Waals surface area contributed by atoms with E-state index in [1.165, 1.54) is 4.90 Å². The number of nitriles is 1. The molecule has 2 saturated heterocycles. The maximum atomic E-state index is 12.9. The number of halogens is 3. The van der Waals surface area contributed by atoms with E-state index < -0.39 is 42.0 Å². The highest BCUT2D eigenvalue weighted by Crippen LogP contribution is 2.30. The molecule has 0 aromatic carbocycles. The van der Waals surface area contributed by atoms with Gasteiger partial charge in [-0.1, -0.05) is 0 Å². The molecule has 0 radical (unpaired) electrons. The Bertz CT molecular complexity index is 954. The van der Waals surface area contributed by atoms with Crippen molar-refractivity contribution in [2.45, 2.75) is 63.1 Å². The summed E-state index contributed by atoms with van der Waals surface area (Å²) in [6.07, 6.45) is -3.41. The van der Waals surface area contributed by atoms with Crippen LogP contribution in [-0.4, -0.2) is 61.9 Å². The summed E-state index contributed by atoms with van der Waals surface area (Å²) in [5.74, 6) is -2.88. The Morgan fingerprint density at radius 3 is 2.74 bits per heavy atom. The van der Waals surface area contributed by atoms with Crippen LogP contribution in [0.3, 0.4) is 0 Å². The average Bonchev–Trinajstić information content (AvgIpc) is 3.44. The molecule has 2 amide bonds. The lowest BCUT2D eigenvalue weighted by Crippen LogP contribution is -2.46. The largest absolute Gasteiger partial charge is 0.451 e. The van der Waals surface area contributed by atoms with Crippen LogP contribution in [0.25, 0.3) is 0 Å². The van der Waals surface area contributed by atoms with Crippen LogP contribution in [0, 0.1) is 17.2 Å². The molecule has 10 nitrogen and oxygen atoms in total. The number of fused-ring (bicyclic) bond motifs is 1. The topological polar surface area (TPSA) is 133 Å². The van der Waals surface area contributed by atoms with E-state index >= 15 is 0 Å². The zero-order chi connectivity index (χ0) is 22.3. The fourth-order valence-electron chi connectivity index (χ4n) is 4.37. The Morgan fingerprint density at radius 2 is 2.03 bits per heavy atom. The summed E-state index contributed by atoms with van der Waals surface area (Å²) in [4.78, 5) is 39.1. The van der Waals surface area contributed by atoms with Gasteiger partial charge in [-0.25, -0.2) is 0 Å². The molecule has 4 atom stereocenters. The fourth-order valence-corrected chi connectivity index (χ4v) is 4.37. The third-order valence-corrected chi connectivity index (χ3v) is 5.99. The van der Waals surface area contributed by atoms with E-state index in [2.05, 4.69) is 26.9 Å². The first-order valence-corrected chi connectivity index (χ1v) is 9.95. The molecule has 1 aromatic heterocycles. The minimum Gasteiger partial charge on any atom is -0.344 e. The van der Waals surface area contributed by atoms with Crippen LogP contribution in [0.1, 0.15) is 37.3 Å². The maximum absolute atomic E-state index is 12.9. The summed E-state index contributed by atoms with van der Waals surface area (Å²) in [7, 11) is 0. The lowest BCUT2D eigenvalue weighted by Gasteiger charge is -2.25. The molecule has 4 heterocycles. The first kappa shape index (κ1) is 21.2. The second-order valence-electron chi connectivity index (χ2n) is 7.97. The normalized spacial score (nSPS) is 28.2. The summed E-state index contributed by atoms with van der Waals surface area (Å²) in [5, 5.41) is 21.2. The van der Waals surface area contributed by atoms with E-state index in [-0.39, 0.29) is 43.4 Å². The number of hydrogen-bond donors (Lipinski definition) is 2. The fraction of sp³-hybridized carbons (Fsp3) is 0.667. The third-order valence-electron chi connectivity index (χ3n) is 5.99. The number of carbonyl (C=O) groups is 3. The van der Waals surface area contributed by atoms with Gasteiger partial charge in [-0.05, 0) is 19.3 Å². The number of alkyl halides is 3. The monoisotopic (exact) mass is 439 g/mol. The average molecular weight is 439 g/mol. The number of ketones is 1. The van der Waals surface area contributed by atoms with Crippen LogP contribution in [0.5, 0.6) is 0 Å². The van der Waals surface area contributed by atoms with E-state index in [4.69, 9.17) is 5.26 Å². The molecular weight excluding hydrogens is 419 g/mol. The van der Waals surface area contributed by atoms with Gasteiger partial charge in [0.1, 0.15) is 17.9 Å². The van der Waals surface area contributed by atoms with Crippen LogP contribution < -0.4 is 10.6 Å². The third kappa shape index (κ3) is 3.99. The Kier molecular flexibility index (Phi) is 5.42. The van der Waals surface area contributed by atoms with Crippen molar-refractivity contribution in [2.24, 2.45) is 5.92 Å². The highest BCUT2D eigenvalue weighted by atomic mass is 19.4. The molecule has 0 aliphatic carbocycles. The smallest absolute Gasteiger partial charge is 0.344 e. The van der Waals surface area contributed by atoms with Gasteiger partial charge in [0.2, 0.25) is 17.6 Å². The molecule has 2 fully saturated rings. The molecule has 13 heteroatoms.